The van der Waals surface area contributed by atoms with Crippen molar-refractivity contribution in [1.29, 1.82) is 0 Å². The van der Waals surface area contributed by atoms with Crippen LogP contribution in [0.2, 0.25) is 0 Å². The first-order valence-electron chi connectivity index (χ1n) is 6.02. The van der Waals surface area contributed by atoms with Gasteiger partial charge in [0, 0.05) is 13.1 Å². The molecule has 17 heavy (non-hydrogen) atoms. The minimum absolute atomic E-state index is 0.0482. The van der Waals surface area contributed by atoms with Crippen molar-refractivity contribution in [3.63, 3.8) is 0 Å². The second kappa shape index (κ2) is 5.46. The second-order valence-corrected chi connectivity index (χ2v) is 4.50. The number of carbonyl (C=O) groups is 2. The van der Waals surface area contributed by atoms with E-state index in [1.165, 1.54) is 4.90 Å². The van der Waals surface area contributed by atoms with E-state index in [0.717, 1.165) is 19.4 Å². The van der Waals surface area contributed by atoms with Gasteiger partial charge in [0.2, 0.25) is 5.91 Å². The van der Waals surface area contributed by atoms with Gasteiger partial charge < -0.3 is 20.1 Å². The molecule has 2 rings (SSSR count). The predicted octanol–water partition coefficient (Wildman–Crippen LogP) is -0.702. The summed E-state index contributed by atoms with van der Waals surface area (Å²) in [6, 6.07) is -0.821. The molecule has 2 aliphatic heterocycles. The Labute approximate surface area is 99.9 Å². The Morgan fingerprint density at radius 3 is 2.88 bits per heavy atom. The smallest absolute Gasteiger partial charge is 0.328 e. The van der Waals surface area contributed by atoms with Crippen molar-refractivity contribution in [3.05, 3.63) is 0 Å². The van der Waals surface area contributed by atoms with Gasteiger partial charge in [-0.25, -0.2) is 4.79 Å². The molecule has 0 aromatic rings. The Balaban J connectivity index is 2.02. The molecule has 2 fully saturated rings. The fraction of sp³-hybridized carbons (Fsp3) is 0.818. The lowest BCUT2D eigenvalue weighted by Gasteiger charge is -2.36. The number of ether oxygens (including phenoxy) is 1. The first kappa shape index (κ1) is 12.3. The SMILES string of the molecule is O=C(O)C1COCCN1C(=O)[C@@H]1CCCNC1. The van der Waals surface area contributed by atoms with Gasteiger partial charge >= 0.3 is 5.97 Å². The topological polar surface area (TPSA) is 78.9 Å². The molecule has 1 unspecified atom stereocenters. The van der Waals surface area contributed by atoms with Crippen molar-refractivity contribution < 1.29 is 19.4 Å². The lowest BCUT2D eigenvalue weighted by molar-refractivity contribution is -0.160. The zero-order chi connectivity index (χ0) is 12.3. The molecule has 0 bridgehead atoms. The third kappa shape index (κ3) is 2.76. The predicted molar refractivity (Wildman–Crippen MR) is 59.5 cm³/mol. The number of nitrogens with zero attached hydrogens (tertiary/aromatic N) is 1. The summed E-state index contributed by atoms with van der Waals surface area (Å²) in [5.41, 5.74) is 0. The molecule has 2 N–H and O–H groups in total. The van der Waals surface area contributed by atoms with Crippen LogP contribution in [0.5, 0.6) is 0 Å². The number of rotatable bonds is 2. The van der Waals surface area contributed by atoms with Crippen LogP contribution in [0.15, 0.2) is 0 Å². The summed E-state index contributed by atoms with van der Waals surface area (Å²) in [6.07, 6.45) is 1.81. The van der Waals surface area contributed by atoms with Crippen LogP contribution in [-0.4, -0.2) is 60.8 Å². The van der Waals surface area contributed by atoms with Gasteiger partial charge in [0.05, 0.1) is 19.1 Å². The highest BCUT2D eigenvalue weighted by Gasteiger charge is 2.36. The number of carboxylic acids is 1. The van der Waals surface area contributed by atoms with E-state index < -0.39 is 12.0 Å². The Bertz CT molecular complexity index is 302. The Morgan fingerprint density at radius 1 is 1.41 bits per heavy atom. The monoisotopic (exact) mass is 242 g/mol. The number of carbonyl (C=O) groups excluding carboxylic acids is 1. The Hall–Kier alpha value is -1.14. The molecular formula is C11H18N2O4. The van der Waals surface area contributed by atoms with Crippen LogP contribution in [0.4, 0.5) is 0 Å². The first-order valence-corrected chi connectivity index (χ1v) is 6.02. The normalized spacial score (nSPS) is 30.0. The highest BCUT2D eigenvalue weighted by atomic mass is 16.5. The summed E-state index contributed by atoms with van der Waals surface area (Å²) in [5, 5.41) is 12.2. The zero-order valence-electron chi connectivity index (χ0n) is 9.72. The summed E-state index contributed by atoms with van der Waals surface area (Å²) in [6.45, 7) is 2.50. The molecular weight excluding hydrogens is 224 g/mol. The highest BCUT2D eigenvalue weighted by molar-refractivity contribution is 5.85. The van der Waals surface area contributed by atoms with Crippen molar-refractivity contribution in [2.75, 3.05) is 32.8 Å². The summed E-state index contributed by atoms with van der Waals surface area (Å²) in [7, 11) is 0. The summed E-state index contributed by atoms with van der Waals surface area (Å²) >= 11 is 0. The number of hydrogen-bond donors (Lipinski definition) is 2. The van der Waals surface area contributed by atoms with Gasteiger partial charge in [0.15, 0.2) is 6.04 Å². The van der Waals surface area contributed by atoms with Gasteiger partial charge in [-0.15, -0.1) is 0 Å². The largest absolute Gasteiger partial charge is 0.480 e. The molecule has 96 valence electrons. The number of hydrogen-bond acceptors (Lipinski definition) is 4. The van der Waals surface area contributed by atoms with Crippen LogP contribution >= 0.6 is 0 Å². The molecule has 6 nitrogen and oxygen atoms in total. The van der Waals surface area contributed by atoms with Crippen LogP contribution in [0, 0.1) is 5.92 Å². The van der Waals surface area contributed by atoms with Crippen LogP contribution in [-0.2, 0) is 14.3 Å². The lowest BCUT2D eigenvalue weighted by Crippen LogP contribution is -2.55. The van der Waals surface area contributed by atoms with Crippen molar-refractivity contribution in [3.8, 4) is 0 Å². The summed E-state index contributed by atoms with van der Waals surface area (Å²) in [5.74, 6) is -1.11. The molecule has 2 saturated heterocycles. The highest BCUT2D eigenvalue weighted by Crippen LogP contribution is 2.17. The molecule has 1 amide bonds. The second-order valence-electron chi connectivity index (χ2n) is 4.50. The third-order valence-electron chi connectivity index (χ3n) is 3.34. The van der Waals surface area contributed by atoms with E-state index in [2.05, 4.69) is 5.32 Å². The minimum atomic E-state index is -0.984. The standard InChI is InChI=1S/C11H18N2O4/c14-10(8-2-1-3-12-6-8)13-4-5-17-7-9(13)11(15)16/h8-9,12H,1-7H2,(H,15,16)/t8-,9?/m1/s1. The lowest BCUT2D eigenvalue weighted by atomic mass is 9.97. The summed E-state index contributed by atoms with van der Waals surface area (Å²) < 4.78 is 5.12. The maximum atomic E-state index is 12.2. The van der Waals surface area contributed by atoms with E-state index in [9.17, 15) is 9.59 Å². The molecule has 2 heterocycles. The van der Waals surface area contributed by atoms with E-state index in [-0.39, 0.29) is 18.4 Å². The van der Waals surface area contributed by atoms with Gasteiger partial charge in [-0.05, 0) is 19.4 Å². The van der Waals surface area contributed by atoms with Gasteiger partial charge in [-0.3, -0.25) is 4.79 Å². The number of carboxylic acid groups (broad SMARTS) is 1. The van der Waals surface area contributed by atoms with E-state index in [4.69, 9.17) is 9.84 Å². The van der Waals surface area contributed by atoms with Crippen molar-refractivity contribution in [2.24, 2.45) is 5.92 Å². The minimum Gasteiger partial charge on any atom is -0.480 e. The molecule has 0 aliphatic carbocycles. The summed E-state index contributed by atoms with van der Waals surface area (Å²) in [4.78, 5) is 24.8. The number of piperidine rings is 1. The Kier molecular flexibility index (Phi) is 3.96. The maximum Gasteiger partial charge on any atom is 0.328 e. The molecule has 0 aromatic carbocycles. The number of nitrogens with one attached hydrogen (secondary N) is 1. The molecule has 6 heteroatoms. The van der Waals surface area contributed by atoms with E-state index in [0.29, 0.717) is 19.7 Å². The van der Waals surface area contributed by atoms with Crippen LogP contribution in [0.25, 0.3) is 0 Å². The first-order chi connectivity index (χ1) is 8.20. The van der Waals surface area contributed by atoms with Gasteiger partial charge in [-0.1, -0.05) is 0 Å². The molecule has 0 aromatic heterocycles. The van der Waals surface area contributed by atoms with Crippen LogP contribution < -0.4 is 5.32 Å². The number of morpholine rings is 1. The molecule has 0 saturated carbocycles. The van der Waals surface area contributed by atoms with Crippen LogP contribution in [0.1, 0.15) is 12.8 Å². The van der Waals surface area contributed by atoms with Crippen LogP contribution in [0.3, 0.4) is 0 Å². The quantitative estimate of drug-likeness (QED) is 0.669. The maximum absolute atomic E-state index is 12.2. The number of amides is 1. The third-order valence-corrected chi connectivity index (χ3v) is 3.34. The zero-order valence-corrected chi connectivity index (χ0v) is 9.72. The average molecular weight is 242 g/mol. The van der Waals surface area contributed by atoms with E-state index in [1.807, 2.05) is 0 Å². The number of aliphatic carboxylic acids is 1. The van der Waals surface area contributed by atoms with E-state index in [1.54, 1.807) is 0 Å². The van der Waals surface area contributed by atoms with Gasteiger partial charge in [0.1, 0.15) is 0 Å². The van der Waals surface area contributed by atoms with Gasteiger partial charge in [0.25, 0.3) is 0 Å². The molecule has 0 spiro atoms. The Morgan fingerprint density at radius 2 is 2.24 bits per heavy atom. The van der Waals surface area contributed by atoms with E-state index >= 15 is 0 Å². The van der Waals surface area contributed by atoms with Gasteiger partial charge in [-0.2, -0.15) is 0 Å². The van der Waals surface area contributed by atoms with Crippen molar-refractivity contribution in [1.82, 2.24) is 10.2 Å². The van der Waals surface area contributed by atoms with Crippen molar-refractivity contribution in [2.45, 2.75) is 18.9 Å². The van der Waals surface area contributed by atoms with Crippen molar-refractivity contribution >= 4 is 11.9 Å². The molecule has 2 aliphatic rings. The fourth-order valence-corrected chi connectivity index (χ4v) is 2.37. The molecule has 2 atom stereocenters. The molecule has 0 radical (unpaired) electrons. The average Bonchev–Trinajstić information content (AvgIpc) is 2.39. The fourth-order valence-electron chi connectivity index (χ4n) is 2.37.